The Bertz CT molecular complexity index is 1040. The van der Waals surface area contributed by atoms with Gasteiger partial charge in [0.2, 0.25) is 17.8 Å². The number of phenolic OH excluding ortho intramolecular Hbond substituents is 2. The highest BCUT2D eigenvalue weighted by Gasteiger charge is 2.45. The molecule has 6 N–H and O–H groups in total. The second-order valence-corrected chi connectivity index (χ2v) is 6.70. The van der Waals surface area contributed by atoms with Crippen molar-refractivity contribution in [2.75, 3.05) is 13.7 Å². The standard InChI is InChI=1S/C19H20O10/c1-26-10-5-7-12-8(21)3-2-4-9(12)27-17(7)18(14(10)23)29-19-16(25)15(24)13(22)11(6-20)28-19/h2-5,11,13,15-16,19-25H,6H2,1H3/t11-,13-,15+,16-,19+/m1/s1. The minimum atomic E-state index is -1.69. The van der Waals surface area contributed by atoms with Crippen molar-refractivity contribution >= 4 is 21.9 Å². The summed E-state index contributed by atoms with van der Waals surface area (Å²) >= 11 is 0. The second-order valence-electron chi connectivity index (χ2n) is 6.70. The summed E-state index contributed by atoms with van der Waals surface area (Å²) in [5, 5.41) is 61.0. The summed E-state index contributed by atoms with van der Waals surface area (Å²) in [4.78, 5) is 0. The van der Waals surface area contributed by atoms with Gasteiger partial charge in [-0.15, -0.1) is 0 Å². The summed E-state index contributed by atoms with van der Waals surface area (Å²) in [6.45, 7) is -0.636. The van der Waals surface area contributed by atoms with Gasteiger partial charge < -0.3 is 49.3 Å². The Hall–Kier alpha value is -2.76. The van der Waals surface area contributed by atoms with E-state index in [1.807, 2.05) is 0 Å². The third-order valence-electron chi connectivity index (χ3n) is 4.96. The lowest BCUT2D eigenvalue weighted by atomic mass is 9.99. The zero-order valence-electron chi connectivity index (χ0n) is 15.2. The fourth-order valence-electron chi connectivity index (χ4n) is 3.42. The molecule has 29 heavy (non-hydrogen) atoms. The summed E-state index contributed by atoms with van der Waals surface area (Å²) in [6.07, 6.45) is -7.65. The van der Waals surface area contributed by atoms with Crippen molar-refractivity contribution < 1.29 is 49.3 Å². The van der Waals surface area contributed by atoms with Gasteiger partial charge in [0.25, 0.3) is 0 Å². The van der Waals surface area contributed by atoms with Gasteiger partial charge in [-0.25, -0.2) is 0 Å². The van der Waals surface area contributed by atoms with Gasteiger partial charge in [0.1, 0.15) is 35.7 Å². The minimum Gasteiger partial charge on any atom is -0.507 e. The SMILES string of the molecule is COc1cc2c(oc3cccc(O)c32)c(O[C@@H]2O[C@H](CO)[C@@H](O)[C@H](O)[C@H]2O)c1O. The van der Waals surface area contributed by atoms with Crippen LogP contribution < -0.4 is 9.47 Å². The molecule has 1 aromatic heterocycles. The quantitative estimate of drug-likeness (QED) is 0.351. The van der Waals surface area contributed by atoms with Gasteiger partial charge >= 0.3 is 0 Å². The average Bonchev–Trinajstić information content (AvgIpc) is 3.09. The third-order valence-corrected chi connectivity index (χ3v) is 4.96. The van der Waals surface area contributed by atoms with E-state index in [1.165, 1.54) is 19.2 Å². The van der Waals surface area contributed by atoms with Crippen LogP contribution in [0.1, 0.15) is 0 Å². The fourth-order valence-corrected chi connectivity index (χ4v) is 3.42. The number of fused-ring (bicyclic) bond motifs is 3. The van der Waals surface area contributed by atoms with Crippen molar-refractivity contribution in [3.8, 4) is 23.0 Å². The smallest absolute Gasteiger partial charge is 0.229 e. The Morgan fingerprint density at radius 3 is 2.52 bits per heavy atom. The molecule has 1 aliphatic heterocycles. The van der Waals surface area contributed by atoms with Gasteiger partial charge in [0.05, 0.1) is 19.1 Å². The van der Waals surface area contributed by atoms with E-state index in [4.69, 9.17) is 18.6 Å². The first kappa shape index (κ1) is 19.6. The largest absolute Gasteiger partial charge is 0.507 e. The molecule has 0 spiro atoms. The van der Waals surface area contributed by atoms with Crippen LogP contribution in [-0.2, 0) is 4.74 Å². The van der Waals surface area contributed by atoms with Gasteiger partial charge in [0.15, 0.2) is 11.3 Å². The van der Waals surface area contributed by atoms with Crippen molar-refractivity contribution in [2.45, 2.75) is 30.7 Å². The zero-order chi connectivity index (χ0) is 20.9. The van der Waals surface area contributed by atoms with Crippen LogP contribution in [0, 0.1) is 0 Å². The molecule has 10 nitrogen and oxygen atoms in total. The maximum Gasteiger partial charge on any atom is 0.229 e. The molecule has 10 heteroatoms. The van der Waals surface area contributed by atoms with Crippen LogP contribution in [0.2, 0.25) is 0 Å². The van der Waals surface area contributed by atoms with Crippen molar-refractivity contribution in [1.82, 2.24) is 0 Å². The number of ether oxygens (including phenoxy) is 3. The molecule has 4 rings (SSSR count). The average molecular weight is 408 g/mol. The number of furan rings is 1. The molecule has 2 heterocycles. The molecule has 3 aromatic rings. The Kier molecular flexibility index (Phi) is 4.89. The molecule has 0 bridgehead atoms. The second kappa shape index (κ2) is 7.25. The van der Waals surface area contributed by atoms with E-state index in [0.717, 1.165) is 0 Å². The van der Waals surface area contributed by atoms with Crippen molar-refractivity contribution in [1.29, 1.82) is 0 Å². The van der Waals surface area contributed by atoms with Crippen LogP contribution in [-0.4, -0.2) is 75.1 Å². The molecule has 0 saturated carbocycles. The molecule has 5 atom stereocenters. The van der Waals surface area contributed by atoms with Gasteiger partial charge in [-0.1, -0.05) is 6.07 Å². The maximum absolute atomic E-state index is 10.6. The highest BCUT2D eigenvalue weighted by molar-refractivity contribution is 6.11. The molecule has 0 unspecified atom stereocenters. The van der Waals surface area contributed by atoms with E-state index in [9.17, 15) is 30.6 Å². The van der Waals surface area contributed by atoms with Gasteiger partial charge in [-0.2, -0.15) is 0 Å². The number of benzene rings is 2. The lowest BCUT2D eigenvalue weighted by molar-refractivity contribution is -0.277. The molecular formula is C19H20O10. The van der Waals surface area contributed by atoms with E-state index in [1.54, 1.807) is 12.1 Å². The van der Waals surface area contributed by atoms with Crippen molar-refractivity contribution in [3.63, 3.8) is 0 Å². The molecule has 1 fully saturated rings. The van der Waals surface area contributed by atoms with E-state index >= 15 is 0 Å². The van der Waals surface area contributed by atoms with E-state index in [2.05, 4.69) is 0 Å². The highest BCUT2D eigenvalue weighted by atomic mass is 16.7. The predicted octanol–water partition coefficient (Wildman–Crippen LogP) is 0.184. The molecular weight excluding hydrogens is 388 g/mol. The third kappa shape index (κ3) is 3.02. The van der Waals surface area contributed by atoms with E-state index < -0.39 is 43.1 Å². The normalized spacial score (nSPS) is 27.4. The molecule has 156 valence electrons. The summed E-state index contributed by atoms with van der Waals surface area (Å²) in [7, 11) is 1.32. The number of aliphatic hydroxyl groups is 4. The zero-order valence-corrected chi connectivity index (χ0v) is 15.2. The van der Waals surface area contributed by atoms with Crippen LogP contribution in [0.15, 0.2) is 28.7 Å². The van der Waals surface area contributed by atoms with Crippen LogP contribution in [0.3, 0.4) is 0 Å². The predicted molar refractivity (Wildman–Crippen MR) is 98.0 cm³/mol. The first-order chi connectivity index (χ1) is 13.9. The number of hydrogen-bond donors (Lipinski definition) is 6. The lowest BCUT2D eigenvalue weighted by Crippen LogP contribution is -2.60. The Labute approximate surface area is 163 Å². The summed E-state index contributed by atoms with van der Waals surface area (Å²) in [6, 6.07) is 6.11. The molecule has 0 amide bonds. The van der Waals surface area contributed by atoms with Crippen molar-refractivity contribution in [3.05, 3.63) is 24.3 Å². The molecule has 1 aliphatic rings. The number of phenols is 2. The number of methoxy groups -OCH3 is 1. The first-order valence-electron chi connectivity index (χ1n) is 8.78. The number of rotatable bonds is 4. The lowest BCUT2D eigenvalue weighted by Gasteiger charge is -2.39. The molecule has 0 aliphatic carbocycles. The van der Waals surface area contributed by atoms with Crippen LogP contribution in [0.5, 0.6) is 23.0 Å². The van der Waals surface area contributed by atoms with Gasteiger partial charge in [-0.3, -0.25) is 0 Å². The van der Waals surface area contributed by atoms with Crippen LogP contribution >= 0.6 is 0 Å². The number of aliphatic hydroxyl groups excluding tert-OH is 4. The number of aromatic hydroxyl groups is 2. The summed E-state index contributed by atoms with van der Waals surface area (Å²) in [5.74, 6) is -0.786. The Balaban J connectivity index is 1.85. The van der Waals surface area contributed by atoms with E-state index in [-0.39, 0.29) is 22.8 Å². The molecule has 1 saturated heterocycles. The summed E-state index contributed by atoms with van der Waals surface area (Å²) in [5.41, 5.74) is 0.350. The van der Waals surface area contributed by atoms with Gasteiger partial charge in [-0.05, 0) is 18.2 Å². The Morgan fingerprint density at radius 2 is 1.83 bits per heavy atom. The monoisotopic (exact) mass is 408 g/mol. The fraction of sp³-hybridized carbons (Fsp3) is 0.368. The van der Waals surface area contributed by atoms with Crippen molar-refractivity contribution in [2.24, 2.45) is 0 Å². The van der Waals surface area contributed by atoms with E-state index in [0.29, 0.717) is 16.4 Å². The minimum absolute atomic E-state index is 0.00282. The molecule has 0 radical (unpaired) electrons. The van der Waals surface area contributed by atoms with Crippen LogP contribution in [0.25, 0.3) is 21.9 Å². The van der Waals surface area contributed by atoms with Crippen LogP contribution in [0.4, 0.5) is 0 Å². The topological polar surface area (TPSA) is 162 Å². The highest BCUT2D eigenvalue weighted by Crippen LogP contribution is 2.48. The first-order valence-corrected chi connectivity index (χ1v) is 8.78. The number of hydrogen-bond acceptors (Lipinski definition) is 10. The summed E-state index contributed by atoms with van der Waals surface area (Å²) < 4.78 is 21.8. The molecule has 2 aromatic carbocycles. The Morgan fingerprint density at radius 1 is 1.07 bits per heavy atom. The maximum atomic E-state index is 10.6. The van der Waals surface area contributed by atoms with Gasteiger partial charge in [0, 0.05) is 5.39 Å².